The summed E-state index contributed by atoms with van der Waals surface area (Å²) in [5.74, 6) is 0.604. The summed E-state index contributed by atoms with van der Waals surface area (Å²) in [4.78, 5) is 28.9. The number of hydrogen-bond acceptors (Lipinski definition) is 3. The van der Waals surface area contributed by atoms with E-state index in [1.807, 2.05) is 48.1 Å². The van der Waals surface area contributed by atoms with Gasteiger partial charge in [-0.2, -0.15) is 0 Å². The summed E-state index contributed by atoms with van der Waals surface area (Å²) in [5, 5.41) is 8.57. The number of hydrogen-bond donors (Lipinski definition) is 3. The Morgan fingerprint density at radius 2 is 2.12 bits per heavy atom. The third kappa shape index (κ3) is 4.17. The molecule has 1 aromatic heterocycles. The third-order valence-corrected chi connectivity index (χ3v) is 4.37. The molecule has 25 heavy (non-hydrogen) atoms. The highest BCUT2D eigenvalue weighted by molar-refractivity contribution is 5.87. The lowest BCUT2D eigenvalue weighted by Crippen LogP contribution is -2.50. The van der Waals surface area contributed by atoms with Gasteiger partial charge < -0.3 is 20.5 Å². The first-order valence-electron chi connectivity index (χ1n) is 8.52. The molecule has 1 fully saturated rings. The van der Waals surface area contributed by atoms with Crippen LogP contribution in [0.25, 0.3) is 0 Å². The van der Waals surface area contributed by atoms with E-state index in [1.54, 1.807) is 6.20 Å². The van der Waals surface area contributed by atoms with E-state index in [1.165, 1.54) is 0 Å². The van der Waals surface area contributed by atoms with Gasteiger partial charge in [0.25, 0.3) is 0 Å². The number of urea groups is 1. The monoisotopic (exact) mass is 341 g/mol. The summed E-state index contributed by atoms with van der Waals surface area (Å²) in [5.41, 5.74) is 0.928. The van der Waals surface area contributed by atoms with Crippen LogP contribution in [0.2, 0.25) is 0 Å². The number of carbonyl (C=O) groups excluding carboxylic acids is 2. The summed E-state index contributed by atoms with van der Waals surface area (Å²) < 4.78 is 1.87. The van der Waals surface area contributed by atoms with Gasteiger partial charge in [0.05, 0.1) is 0 Å². The van der Waals surface area contributed by atoms with Crippen molar-refractivity contribution in [2.75, 3.05) is 6.54 Å². The van der Waals surface area contributed by atoms with Crippen LogP contribution in [0.3, 0.4) is 0 Å². The SMILES string of the molecule is Cn1ccnc1C(NC(=O)NC1CCCCNC1=O)c1ccccc1. The summed E-state index contributed by atoms with van der Waals surface area (Å²) >= 11 is 0. The molecule has 3 amide bonds. The fourth-order valence-corrected chi connectivity index (χ4v) is 3.01. The van der Waals surface area contributed by atoms with Gasteiger partial charge >= 0.3 is 6.03 Å². The highest BCUT2D eigenvalue weighted by Gasteiger charge is 2.25. The number of nitrogens with one attached hydrogen (secondary N) is 3. The number of rotatable bonds is 4. The van der Waals surface area contributed by atoms with E-state index in [0.29, 0.717) is 13.0 Å². The zero-order chi connectivity index (χ0) is 17.6. The zero-order valence-electron chi connectivity index (χ0n) is 14.2. The zero-order valence-corrected chi connectivity index (χ0v) is 14.2. The molecule has 0 radical (unpaired) electrons. The summed E-state index contributed by atoms with van der Waals surface area (Å²) in [6, 6.07) is 8.38. The second-order valence-electron chi connectivity index (χ2n) is 6.20. The van der Waals surface area contributed by atoms with Gasteiger partial charge in [0.2, 0.25) is 5.91 Å². The molecular weight excluding hydrogens is 318 g/mol. The minimum atomic E-state index is -0.500. The molecule has 2 unspecified atom stereocenters. The maximum absolute atomic E-state index is 12.5. The van der Waals surface area contributed by atoms with Crippen molar-refractivity contribution in [3.63, 3.8) is 0 Å². The molecule has 0 saturated carbocycles. The first-order valence-corrected chi connectivity index (χ1v) is 8.52. The van der Waals surface area contributed by atoms with Crippen molar-refractivity contribution in [1.82, 2.24) is 25.5 Å². The number of carbonyl (C=O) groups is 2. The van der Waals surface area contributed by atoms with Gasteiger partial charge in [-0.05, 0) is 24.8 Å². The fourth-order valence-electron chi connectivity index (χ4n) is 3.01. The molecule has 2 atom stereocenters. The Labute approximate surface area is 146 Å². The summed E-state index contributed by atoms with van der Waals surface area (Å²) in [7, 11) is 1.89. The first kappa shape index (κ1) is 17.0. The van der Waals surface area contributed by atoms with Gasteiger partial charge in [0, 0.05) is 26.0 Å². The van der Waals surface area contributed by atoms with Gasteiger partial charge in [0.1, 0.15) is 17.9 Å². The predicted octanol–water partition coefficient (Wildman–Crippen LogP) is 1.48. The highest BCUT2D eigenvalue weighted by Crippen LogP contribution is 2.20. The van der Waals surface area contributed by atoms with Crippen LogP contribution < -0.4 is 16.0 Å². The van der Waals surface area contributed by atoms with Crippen LogP contribution in [0, 0.1) is 0 Å². The van der Waals surface area contributed by atoms with Crippen LogP contribution >= 0.6 is 0 Å². The quantitative estimate of drug-likeness (QED) is 0.787. The molecule has 0 spiro atoms. The number of benzene rings is 1. The van der Waals surface area contributed by atoms with Gasteiger partial charge in [-0.25, -0.2) is 9.78 Å². The Hall–Kier alpha value is -2.83. The first-order chi connectivity index (χ1) is 12.1. The van der Waals surface area contributed by atoms with E-state index in [2.05, 4.69) is 20.9 Å². The lowest BCUT2D eigenvalue weighted by atomic mass is 10.1. The van der Waals surface area contributed by atoms with Crippen molar-refractivity contribution < 1.29 is 9.59 Å². The minimum Gasteiger partial charge on any atom is -0.354 e. The maximum atomic E-state index is 12.5. The Balaban J connectivity index is 1.75. The van der Waals surface area contributed by atoms with Gasteiger partial charge in [-0.1, -0.05) is 30.3 Å². The van der Waals surface area contributed by atoms with Crippen molar-refractivity contribution >= 4 is 11.9 Å². The molecule has 1 aliphatic rings. The molecule has 1 aromatic carbocycles. The fraction of sp³-hybridized carbons (Fsp3) is 0.389. The van der Waals surface area contributed by atoms with Crippen molar-refractivity contribution in [1.29, 1.82) is 0 Å². The molecule has 0 bridgehead atoms. The molecule has 1 aliphatic heterocycles. The molecule has 3 N–H and O–H groups in total. The molecule has 1 saturated heterocycles. The van der Waals surface area contributed by atoms with Crippen molar-refractivity contribution in [3.8, 4) is 0 Å². The van der Waals surface area contributed by atoms with E-state index in [-0.39, 0.29) is 11.9 Å². The predicted molar refractivity (Wildman–Crippen MR) is 93.8 cm³/mol. The second kappa shape index (κ2) is 7.83. The molecule has 3 rings (SSSR count). The lowest BCUT2D eigenvalue weighted by Gasteiger charge is -2.21. The number of nitrogens with zero attached hydrogens (tertiary/aromatic N) is 2. The normalized spacial score (nSPS) is 18.8. The molecule has 132 valence electrons. The lowest BCUT2D eigenvalue weighted by molar-refractivity contribution is -0.122. The van der Waals surface area contributed by atoms with Crippen LogP contribution in [0.5, 0.6) is 0 Å². The molecule has 2 heterocycles. The van der Waals surface area contributed by atoms with Crippen LogP contribution in [-0.4, -0.2) is 34.1 Å². The number of amides is 3. The number of aryl methyl sites for hydroxylation is 1. The van der Waals surface area contributed by atoms with E-state index < -0.39 is 12.1 Å². The maximum Gasteiger partial charge on any atom is 0.316 e. The van der Waals surface area contributed by atoms with Gasteiger partial charge in [-0.3, -0.25) is 4.79 Å². The molecule has 0 aliphatic carbocycles. The van der Waals surface area contributed by atoms with E-state index in [4.69, 9.17) is 0 Å². The van der Waals surface area contributed by atoms with E-state index in [9.17, 15) is 9.59 Å². The summed E-state index contributed by atoms with van der Waals surface area (Å²) in [6.07, 6.45) is 6.03. The third-order valence-electron chi connectivity index (χ3n) is 4.37. The Kier molecular flexibility index (Phi) is 5.33. The van der Waals surface area contributed by atoms with E-state index in [0.717, 1.165) is 24.2 Å². The average molecular weight is 341 g/mol. The van der Waals surface area contributed by atoms with Crippen LogP contribution in [0.4, 0.5) is 4.79 Å². The molecule has 2 aromatic rings. The summed E-state index contributed by atoms with van der Waals surface area (Å²) in [6.45, 7) is 0.665. The number of aromatic nitrogens is 2. The van der Waals surface area contributed by atoms with Crippen molar-refractivity contribution in [2.24, 2.45) is 7.05 Å². The van der Waals surface area contributed by atoms with Crippen molar-refractivity contribution in [2.45, 2.75) is 31.3 Å². The van der Waals surface area contributed by atoms with Crippen LogP contribution in [-0.2, 0) is 11.8 Å². The standard InChI is InChI=1S/C18H23N5O2/c1-23-12-11-19-16(23)15(13-7-3-2-4-8-13)22-18(25)21-14-9-5-6-10-20-17(14)24/h2-4,7-8,11-12,14-15H,5-6,9-10H2,1H3,(H,20,24)(H2,21,22,25). The minimum absolute atomic E-state index is 0.124. The Bertz CT molecular complexity index is 728. The van der Waals surface area contributed by atoms with Crippen LogP contribution in [0.1, 0.15) is 36.7 Å². The average Bonchev–Trinajstić information content (AvgIpc) is 2.94. The Morgan fingerprint density at radius 1 is 1.32 bits per heavy atom. The van der Waals surface area contributed by atoms with Gasteiger partial charge in [0.15, 0.2) is 0 Å². The molecule has 7 heteroatoms. The largest absolute Gasteiger partial charge is 0.354 e. The molecular formula is C18H23N5O2. The highest BCUT2D eigenvalue weighted by atomic mass is 16.2. The topological polar surface area (TPSA) is 88.1 Å². The van der Waals surface area contributed by atoms with Gasteiger partial charge in [-0.15, -0.1) is 0 Å². The smallest absolute Gasteiger partial charge is 0.316 e. The van der Waals surface area contributed by atoms with E-state index >= 15 is 0 Å². The molecule has 7 nitrogen and oxygen atoms in total. The number of imidazole rings is 1. The van der Waals surface area contributed by atoms with Crippen LogP contribution in [0.15, 0.2) is 42.7 Å². The van der Waals surface area contributed by atoms with Crippen molar-refractivity contribution in [3.05, 3.63) is 54.1 Å². The Morgan fingerprint density at radius 3 is 2.84 bits per heavy atom. The second-order valence-corrected chi connectivity index (χ2v) is 6.20.